The van der Waals surface area contributed by atoms with Crippen molar-refractivity contribution in [3.8, 4) is 0 Å². The maximum Gasteiger partial charge on any atom is 0.337 e. The average Bonchev–Trinajstić information content (AvgIpc) is 2.70. The zero-order chi connectivity index (χ0) is 19.7. The van der Waals surface area contributed by atoms with Gasteiger partial charge in [0.05, 0.1) is 35.7 Å². The standard InChI is InChI=1S/C21H16F2N2O3/c22-13-1-3-18-15(9-13)20(17(11-24-18)12-5-7-28-8-6-12)25-19-4-2-14(23)10-16(19)21(26)27/h1-5,9-11H,6-8H2,(H,24,25)(H,26,27). The minimum atomic E-state index is -1.27. The van der Waals surface area contributed by atoms with Gasteiger partial charge in [-0.3, -0.25) is 4.98 Å². The number of carboxylic acid groups (broad SMARTS) is 1. The first-order valence-electron chi connectivity index (χ1n) is 8.68. The molecule has 1 aliphatic rings. The van der Waals surface area contributed by atoms with E-state index in [1.165, 1.54) is 24.3 Å². The first kappa shape index (κ1) is 18.1. The second-order valence-corrected chi connectivity index (χ2v) is 6.38. The van der Waals surface area contributed by atoms with Gasteiger partial charge < -0.3 is 15.2 Å². The molecule has 0 fully saturated rings. The molecule has 0 unspecified atom stereocenters. The van der Waals surface area contributed by atoms with Gasteiger partial charge in [-0.05, 0) is 48.4 Å². The van der Waals surface area contributed by atoms with E-state index in [9.17, 15) is 18.7 Å². The molecule has 3 aromatic rings. The number of hydrogen-bond donors (Lipinski definition) is 2. The normalized spacial score (nSPS) is 14.0. The van der Waals surface area contributed by atoms with Gasteiger partial charge >= 0.3 is 5.97 Å². The Kier molecular flexibility index (Phi) is 4.75. The van der Waals surface area contributed by atoms with Gasteiger partial charge in [0.1, 0.15) is 11.6 Å². The summed E-state index contributed by atoms with van der Waals surface area (Å²) in [6.45, 7) is 0.996. The Bertz CT molecular complexity index is 1110. The highest BCUT2D eigenvalue weighted by Crippen LogP contribution is 2.36. The van der Waals surface area contributed by atoms with E-state index in [1.807, 2.05) is 6.08 Å². The third-order valence-electron chi connectivity index (χ3n) is 4.61. The molecule has 7 heteroatoms. The number of fused-ring (bicyclic) bond motifs is 1. The second-order valence-electron chi connectivity index (χ2n) is 6.38. The number of halogens is 2. The fourth-order valence-electron chi connectivity index (χ4n) is 3.25. The zero-order valence-corrected chi connectivity index (χ0v) is 14.7. The Balaban J connectivity index is 1.92. The van der Waals surface area contributed by atoms with Crippen LogP contribution in [-0.2, 0) is 4.74 Å². The molecule has 1 aliphatic heterocycles. The molecule has 0 atom stereocenters. The molecule has 0 radical (unpaired) electrons. The van der Waals surface area contributed by atoms with Crippen LogP contribution >= 0.6 is 0 Å². The lowest BCUT2D eigenvalue weighted by atomic mass is 9.98. The number of carboxylic acids is 1. The lowest BCUT2D eigenvalue weighted by molar-refractivity contribution is 0.0697. The number of rotatable bonds is 4. The van der Waals surface area contributed by atoms with Gasteiger partial charge in [-0.15, -0.1) is 0 Å². The van der Waals surface area contributed by atoms with E-state index in [0.29, 0.717) is 36.2 Å². The van der Waals surface area contributed by atoms with E-state index >= 15 is 0 Å². The molecule has 0 saturated heterocycles. The molecular weight excluding hydrogens is 366 g/mol. The van der Waals surface area contributed by atoms with Crippen molar-refractivity contribution >= 4 is 33.8 Å². The monoisotopic (exact) mass is 382 g/mol. The van der Waals surface area contributed by atoms with E-state index in [0.717, 1.165) is 17.2 Å². The number of carbonyl (C=O) groups is 1. The minimum absolute atomic E-state index is 0.208. The second kappa shape index (κ2) is 7.36. The Labute approximate surface area is 159 Å². The first-order valence-corrected chi connectivity index (χ1v) is 8.68. The van der Waals surface area contributed by atoms with Crippen molar-refractivity contribution in [2.45, 2.75) is 6.42 Å². The van der Waals surface area contributed by atoms with Crippen molar-refractivity contribution in [2.24, 2.45) is 0 Å². The number of aromatic carboxylic acids is 1. The van der Waals surface area contributed by atoms with Gasteiger partial charge in [-0.1, -0.05) is 6.08 Å². The number of pyridine rings is 1. The maximum atomic E-state index is 14.0. The number of nitrogens with one attached hydrogen (secondary N) is 1. The molecule has 2 heterocycles. The summed E-state index contributed by atoms with van der Waals surface area (Å²) in [6, 6.07) is 7.69. The number of nitrogens with zero attached hydrogens (tertiary/aromatic N) is 1. The van der Waals surface area contributed by atoms with E-state index in [2.05, 4.69) is 10.3 Å². The van der Waals surface area contributed by atoms with Crippen molar-refractivity contribution in [2.75, 3.05) is 18.5 Å². The van der Waals surface area contributed by atoms with Crippen molar-refractivity contribution < 1.29 is 23.4 Å². The van der Waals surface area contributed by atoms with Crippen molar-refractivity contribution in [3.63, 3.8) is 0 Å². The molecule has 0 spiro atoms. The van der Waals surface area contributed by atoms with Gasteiger partial charge in [-0.25, -0.2) is 13.6 Å². The summed E-state index contributed by atoms with van der Waals surface area (Å²) in [4.78, 5) is 16.0. The lowest BCUT2D eigenvalue weighted by Gasteiger charge is -2.20. The molecule has 0 aliphatic carbocycles. The fourth-order valence-corrected chi connectivity index (χ4v) is 3.25. The smallest absolute Gasteiger partial charge is 0.337 e. The minimum Gasteiger partial charge on any atom is -0.478 e. The van der Waals surface area contributed by atoms with Gasteiger partial charge in [0.15, 0.2) is 0 Å². The van der Waals surface area contributed by atoms with Crippen molar-refractivity contribution in [1.29, 1.82) is 0 Å². The quantitative estimate of drug-likeness (QED) is 0.681. The number of aromatic nitrogens is 1. The van der Waals surface area contributed by atoms with Gasteiger partial charge in [0.25, 0.3) is 0 Å². The van der Waals surface area contributed by atoms with Crippen LogP contribution < -0.4 is 5.32 Å². The Morgan fingerprint density at radius 2 is 1.93 bits per heavy atom. The highest BCUT2D eigenvalue weighted by Gasteiger charge is 2.18. The van der Waals surface area contributed by atoms with Crippen molar-refractivity contribution in [3.05, 3.63) is 71.4 Å². The van der Waals surface area contributed by atoms with Crippen LogP contribution in [0.15, 0.2) is 48.7 Å². The highest BCUT2D eigenvalue weighted by molar-refractivity contribution is 6.02. The largest absolute Gasteiger partial charge is 0.478 e. The summed E-state index contributed by atoms with van der Waals surface area (Å²) in [5, 5.41) is 13.0. The number of hydrogen-bond acceptors (Lipinski definition) is 4. The predicted molar refractivity (Wildman–Crippen MR) is 102 cm³/mol. The number of benzene rings is 2. The van der Waals surface area contributed by atoms with E-state index in [1.54, 1.807) is 12.3 Å². The summed E-state index contributed by atoms with van der Waals surface area (Å²) in [5.41, 5.74) is 2.76. The molecule has 0 amide bonds. The summed E-state index contributed by atoms with van der Waals surface area (Å²) in [7, 11) is 0. The Morgan fingerprint density at radius 3 is 2.68 bits per heavy atom. The number of ether oxygens (including phenoxy) is 1. The molecular formula is C21H16F2N2O3. The summed E-state index contributed by atoms with van der Waals surface area (Å²) in [5.74, 6) is -2.35. The lowest BCUT2D eigenvalue weighted by Crippen LogP contribution is -2.08. The molecule has 4 rings (SSSR count). The molecule has 1 aromatic heterocycles. The van der Waals surface area contributed by atoms with Crippen LogP contribution in [-0.4, -0.2) is 29.3 Å². The average molecular weight is 382 g/mol. The summed E-state index contributed by atoms with van der Waals surface area (Å²) >= 11 is 0. The fraction of sp³-hybridized carbons (Fsp3) is 0.143. The van der Waals surface area contributed by atoms with Crippen LogP contribution in [0.25, 0.3) is 16.5 Å². The molecule has 0 saturated carbocycles. The van der Waals surface area contributed by atoms with Crippen molar-refractivity contribution in [1.82, 2.24) is 4.98 Å². The van der Waals surface area contributed by atoms with Gasteiger partial charge in [-0.2, -0.15) is 0 Å². The van der Waals surface area contributed by atoms with Gasteiger partial charge in [0, 0.05) is 17.1 Å². The first-order chi connectivity index (χ1) is 13.5. The predicted octanol–water partition coefficient (Wildman–Crippen LogP) is 4.76. The molecule has 5 nitrogen and oxygen atoms in total. The third kappa shape index (κ3) is 3.44. The third-order valence-corrected chi connectivity index (χ3v) is 4.61. The van der Waals surface area contributed by atoms with E-state index in [4.69, 9.17) is 4.74 Å². The van der Waals surface area contributed by atoms with Crippen LogP contribution in [0.1, 0.15) is 22.3 Å². The molecule has 142 valence electrons. The van der Waals surface area contributed by atoms with Crippen LogP contribution in [0, 0.1) is 11.6 Å². The van der Waals surface area contributed by atoms with Gasteiger partial charge in [0.2, 0.25) is 0 Å². The van der Waals surface area contributed by atoms with E-state index in [-0.39, 0.29) is 11.3 Å². The SMILES string of the molecule is O=C(O)c1cc(F)ccc1Nc1c(C2=CCOCC2)cnc2ccc(F)cc12. The van der Waals surface area contributed by atoms with Crippen LogP contribution in [0.2, 0.25) is 0 Å². The molecule has 0 bridgehead atoms. The topological polar surface area (TPSA) is 71.5 Å². The van der Waals surface area contributed by atoms with Crippen LogP contribution in [0.5, 0.6) is 0 Å². The Morgan fingerprint density at radius 1 is 1.14 bits per heavy atom. The zero-order valence-electron chi connectivity index (χ0n) is 14.7. The van der Waals surface area contributed by atoms with E-state index < -0.39 is 17.6 Å². The molecule has 2 N–H and O–H groups in total. The van der Waals surface area contributed by atoms with Crippen LogP contribution in [0.4, 0.5) is 20.2 Å². The molecule has 2 aromatic carbocycles. The summed E-state index contributed by atoms with van der Waals surface area (Å²) < 4.78 is 32.9. The highest BCUT2D eigenvalue weighted by atomic mass is 19.1. The maximum absolute atomic E-state index is 14.0. The number of anilines is 2. The Hall–Kier alpha value is -3.32. The molecule has 28 heavy (non-hydrogen) atoms. The summed E-state index contributed by atoms with van der Waals surface area (Å²) in [6.07, 6.45) is 4.23. The van der Waals surface area contributed by atoms with Crippen LogP contribution in [0.3, 0.4) is 0 Å².